The summed E-state index contributed by atoms with van der Waals surface area (Å²) in [6.07, 6.45) is 4.80. The van der Waals surface area contributed by atoms with Crippen LogP contribution in [0.15, 0.2) is 43.1 Å². The van der Waals surface area contributed by atoms with E-state index in [0.29, 0.717) is 48.4 Å². The van der Waals surface area contributed by atoms with Crippen LogP contribution in [0, 0.1) is 5.82 Å². The number of benzene rings is 1. The first-order valence-corrected chi connectivity index (χ1v) is 14.7. The summed E-state index contributed by atoms with van der Waals surface area (Å²) in [4.78, 5) is 8.90. The number of aromatic nitrogens is 4. The molecule has 216 valence electrons. The minimum Gasteiger partial charge on any atom is -0.483 e. The lowest BCUT2D eigenvalue weighted by Crippen LogP contribution is -2.33. The Bertz CT molecular complexity index is 1470. The molecule has 0 saturated carbocycles. The fourth-order valence-electron chi connectivity index (χ4n) is 4.24. The molecule has 1 atom stereocenters. The third kappa shape index (κ3) is 6.83. The molecule has 0 aliphatic carbocycles. The highest BCUT2D eigenvalue weighted by atomic mass is 35.5. The average Bonchev–Trinajstić information content (AvgIpc) is 3.61. The summed E-state index contributed by atoms with van der Waals surface area (Å²) in [5.74, 6) is 0.0331. The molecule has 1 aromatic carbocycles. The maximum absolute atomic E-state index is 16.0. The summed E-state index contributed by atoms with van der Waals surface area (Å²) in [7, 11) is -2.40. The fraction of sp³-hybridized carbons (Fsp3) is 0.423. The van der Waals surface area contributed by atoms with Gasteiger partial charge in [-0.3, -0.25) is 9.40 Å². The van der Waals surface area contributed by atoms with E-state index in [1.165, 1.54) is 23.5 Å². The van der Waals surface area contributed by atoms with Gasteiger partial charge in [0.25, 0.3) is 0 Å². The molecule has 0 bridgehead atoms. The van der Waals surface area contributed by atoms with Gasteiger partial charge in [-0.05, 0) is 58.4 Å². The molecular weight excluding hydrogens is 559 g/mol. The standard InChI is InChI=1S/C26H34ClFN8O3S/c1-16(2)36-15-21(20-12-19(27)13-23(24(20)28)34-40(37,38)35-10-6-7-11-35)25(33-36)22-8-9-29-26(32-22)30-14-17(3)31-18(4)39-5/h8-9,12-13,15-17,31,34H,4,6-7,10-11,14H2,1-3,5H3,(H,29,30,32)/t17-/m0/s1. The molecule has 0 spiro atoms. The Morgan fingerprint density at radius 3 is 2.62 bits per heavy atom. The summed E-state index contributed by atoms with van der Waals surface area (Å²) in [5, 5.41) is 11.1. The minimum absolute atomic E-state index is 0.0290. The van der Waals surface area contributed by atoms with E-state index in [4.69, 9.17) is 16.3 Å². The normalized spacial score (nSPS) is 14.8. The van der Waals surface area contributed by atoms with Gasteiger partial charge in [-0.2, -0.15) is 17.8 Å². The summed E-state index contributed by atoms with van der Waals surface area (Å²) >= 11 is 6.37. The van der Waals surface area contributed by atoms with Gasteiger partial charge < -0.3 is 15.4 Å². The molecule has 0 radical (unpaired) electrons. The van der Waals surface area contributed by atoms with Crippen LogP contribution >= 0.6 is 11.6 Å². The zero-order valence-electron chi connectivity index (χ0n) is 22.9. The van der Waals surface area contributed by atoms with Crippen molar-refractivity contribution in [3.63, 3.8) is 0 Å². The first-order valence-electron chi connectivity index (χ1n) is 12.9. The minimum atomic E-state index is -3.93. The van der Waals surface area contributed by atoms with Crippen molar-refractivity contribution in [1.29, 1.82) is 0 Å². The lowest BCUT2D eigenvalue weighted by atomic mass is 10.0. The predicted octanol–water partition coefficient (Wildman–Crippen LogP) is 4.64. The zero-order valence-corrected chi connectivity index (χ0v) is 24.5. The smallest absolute Gasteiger partial charge is 0.301 e. The van der Waals surface area contributed by atoms with Gasteiger partial charge in [0.15, 0.2) is 11.7 Å². The van der Waals surface area contributed by atoms with E-state index < -0.39 is 16.0 Å². The number of anilines is 2. The lowest BCUT2D eigenvalue weighted by molar-refractivity contribution is 0.255. The van der Waals surface area contributed by atoms with Gasteiger partial charge in [-0.25, -0.2) is 14.4 Å². The Kier molecular flexibility index (Phi) is 9.16. The van der Waals surface area contributed by atoms with Gasteiger partial charge in [0.05, 0.1) is 18.5 Å². The maximum atomic E-state index is 16.0. The number of hydrogen-bond donors (Lipinski definition) is 3. The van der Waals surface area contributed by atoms with Crippen LogP contribution in [0.5, 0.6) is 0 Å². The highest BCUT2D eigenvalue weighted by molar-refractivity contribution is 7.90. The molecule has 3 aromatic rings. The summed E-state index contributed by atoms with van der Waals surface area (Å²) < 4.78 is 52.1. The predicted molar refractivity (Wildman–Crippen MR) is 155 cm³/mol. The number of methoxy groups -OCH3 is 1. The van der Waals surface area contributed by atoms with Gasteiger partial charge in [-0.15, -0.1) is 0 Å². The molecule has 1 saturated heterocycles. The molecule has 1 aliphatic rings. The van der Waals surface area contributed by atoms with Gasteiger partial charge in [0.2, 0.25) is 5.95 Å². The number of ether oxygens (including phenoxy) is 1. The van der Waals surface area contributed by atoms with Crippen LogP contribution in [0.2, 0.25) is 5.02 Å². The first-order chi connectivity index (χ1) is 19.0. The van der Waals surface area contributed by atoms with Gasteiger partial charge in [0.1, 0.15) is 5.69 Å². The quantitative estimate of drug-likeness (QED) is 0.260. The number of nitrogens with zero attached hydrogens (tertiary/aromatic N) is 5. The third-order valence-corrected chi connectivity index (χ3v) is 8.09. The van der Waals surface area contributed by atoms with Crippen LogP contribution in [0.4, 0.5) is 16.0 Å². The lowest BCUT2D eigenvalue weighted by Gasteiger charge is -2.18. The van der Waals surface area contributed by atoms with Crippen molar-refractivity contribution in [2.24, 2.45) is 0 Å². The van der Waals surface area contributed by atoms with Crippen molar-refractivity contribution in [1.82, 2.24) is 29.4 Å². The van der Waals surface area contributed by atoms with Crippen molar-refractivity contribution >= 4 is 33.4 Å². The second kappa shape index (κ2) is 12.4. The topological polar surface area (TPSA) is 126 Å². The highest BCUT2D eigenvalue weighted by Crippen LogP contribution is 2.37. The molecule has 11 nitrogen and oxygen atoms in total. The molecular formula is C26H34ClFN8O3S. The maximum Gasteiger partial charge on any atom is 0.301 e. The number of hydrogen-bond acceptors (Lipinski definition) is 8. The third-order valence-electron chi connectivity index (χ3n) is 6.35. The zero-order chi connectivity index (χ0) is 29.0. The monoisotopic (exact) mass is 592 g/mol. The van der Waals surface area contributed by atoms with Crippen molar-refractivity contribution in [3.8, 4) is 22.5 Å². The second-order valence-electron chi connectivity index (χ2n) is 9.81. The van der Waals surface area contributed by atoms with Crippen LogP contribution in [-0.4, -0.2) is 65.3 Å². The van der Waals surface area contributed by atoms with Crippen LogP contribution in [0.3, 0.4) is 0 Å². The number of rotatable bonds is 12. The van der Waals surface area contributed by atoms with Crippen molar-refractivity contribution in [2.45, 2.75) is 45.7 Å². The molecule has 2 aromatic heterocycles. The molecule has 4 rings (SSSR count). The van der Waals surface area contributed by atoms with Gasteiger partial charge in [-0.1, -0.05) is 11.6 Å². The molecule has 3 heterocycles. The van der Waals surface area contributed by atoms with E-state index in [-0.39, 0.29) is 28.4 Å². The fourth-order valence-corrected chi connectivity index (χ4v) is 5.75. The van der Waals surface area contributed by atoms with Crippen molar-refractivity contribution in [2.75, 3.05) is 36.8 Å². The van der Waals surface area contributed by atoms with Crippen LogP contribution in [-0.2, 0) is 14.9 Å². The Morgan fingerprint density at radius 1 is 1.23 bits per heavy atom. The molecule has 0 unspecified atom stereocenters. The Labute approximate surface area is 239 Å². The molecule has 0 amide bonds. The molecule has 1 fully saturated rings. The van der Waals surface area contributed by atoms with E-state index in [2.05, 4.69) is 37.0 Å². The van der Waals surface area contributed by atoms with E-state index in [9.17, 15) is 8.42 Å². The molecule has 1 aliphatic heterocycles. The number of nitrogens with one attached hydrogen (secondary N) is 3. The van der Waals surface area contributed by atoms with E-state index in [1.807, 2.05) is 20.8 Å². The van der Waals surface area contributed by atoms with Crippen molar-refractivity contribution in [3.05, 3.63) is 53.9 Å². The van der Waals surface area contributed by atoms with Crippen LogP contribution in [0.1, 0.15) is 39.7 Å². The summed E-state index contributed by atoms with van der Waals surface area (Å²) in [6.45, 7) is 10.8. The Morgan fingerprint density at radius 2 is 1.95 bits per heavy atom. The van der Waals surface area contributed by atoms with Crippen LogP contribution < -0.4 is 15.4 Å². The van der Waals surface area contributed by atoms with E-state index in [1.54, 1.807) is 23.1 Å². The summed E-state index contributed by atoms with van der Waals surface area (Å²) in [5.41, 5.74) is 1.12. The number of halogens is 2. The SMILES string of the molecule is C=C(N[C@@H](C)CNc1nccc(-c2nn(C(C)C)cc2-c2cc(Cl)cc(NS(=O)(=O)N3CCCC3)c2F)n1)OC. The van der Waals surface area contributed by atoms with Gasteiger partial charge in [0, 0.05) is 60.3 Å². The highest BCUT2D eigenvalue weighted by Gasteiger charge is 2.28. The Balaban J connectivity index is 1.69. The Hall–Kier alpha value is -3.42. The summed E-state index contributed by atoms with van der Waals surface area (Å²) in [6, 6.07) is 4.32. The molecule has 14 heteroatoms. The van der Waals surface area contributed by atoms with E-state index in [0.717, 1.165) is 12.8 Å². The largest absolute Gasteiger partial charge is 0.483 e. The second-order valence-corrected chi connectivity index (χ2v) is 11.9. The molecule has 40 heavy (non-hydrogen) atoms. The first kappa shape index (κ1) is 29.6. The van der Waals surface area contributed by atoms with E-state index >= 15 is 4.39 Å². The molecule has 3 N–H and O–H groups in total. The van der Waals surface area contributed by atoms with Gasteiger partial charge >= 0.3 is 10.2 Å². The van der Waals surface area contributed by atoms with Crippen molar-refractivity contribution < 1.29 is 17.5 Å². The average molecular weight is 593 g/mol. The van der Waals surface area contributed by atoms with Crippen LogP contribution in [0.25, 0.3) is 22.5 Å².